The van der Waals surface area contributed by atoms with Crippen molar-refractivity contribution in [1.29, 1.82) is 0 Å². The molecule has 2 rings (SSSR count). The Kier molecular flexibility index (Phi) is 6.06. The van der Waals surface area contributed by atoms with Gasteiger partial charge in [-0.3, -0.25) is 0 Å². The summed E-state index contributed by atoms with van der Waals surface area (Å²) >= 11 is 0. The van der Waals surface area contributed by atoms with E-state index in [1.807, 2.05) is 0 Å². The topological polar surface area (TPSA) is 46.2 Å². The minimum Gasteiger partial charge on any atom is -0.391 e. The fraction of sp³-hybridized carbons (Fsp3) is 0.647. The van der Waals surface area contributed by atoms with Crippen molar-refractivity contribution in [3.63, 3.8) is 0 Å². The molecule has 0 radical (unpaired) electrons. The molecule has 0 aromatic heterocycles. The van der Waals surface area contributed by atoms with E-state index in [4.69, 9.17) is 5.73 Å². The fourth-order valence-corrected chi connectivity index (χ4v) is 2.99. The third-order valence-electron chi connectivity index (χ3n) is 4.41. The van der Waals surface area contributed by atoms with Crippen LogP contribution in [0.5, 0.6) is 0 Å². The summed E-state index contributed by atoms with van der Waals surface area (Å²) in [6, 6.07) is 8.16. The third-order valence-corrected chi connectivity index (χ3v) is 4.41. The summed E-state index contributed by atoms with van der Waals surface area (Å²) < 4.78 is 0. The van der Waals surface area contributed by atoms with E-state index in [0.29, 0.717) is 5.92 Å². The number of aliphatic hydroxyl groups excluding tert-OH is 1. The average Bonchev–Trinajstić information content (AvgIpc) is 2.90. The van der Waals surface area contributed by atoms with E-state index in [1.165, 1.54) is 18.4 Å². The molecular formula is C17H28ClNO. The van der Waals surface area contributed by atoms with Crippen LogP contribution in [-0.4, -0.2) is 11.2 Å². The van der Waals surface area contributed by atoms with Gasteiger partial charge in [-0.15, -0.1) is 12.4 Å². The standard InChI is InChI=1S/C17H27NO.ClH/c1-17(2,3)14-10-8-12(9-11-14)15(18)16(19)13-6-4-5-7-13;/h8-11,13,15-16,19H,4-7,18H2,1-3H3;1H/t15-,16+;/m0./s1. The number of rotatable bonds is 3. The van der Waals surface area contributed by atoms with Gasteiger partial charge in [-0.2, -0.15) is 0 Å². The fourth-order valence-electron chi connectivity index (χ4n) is 2.99. The van der Waals surface area contributed by atoms with E-state index >= 15 is 0 Å². The second-order valence-electron chi connectivity index (χ2n) is 6.93. The van der Waals surface area contributed by atoms with Crippen LogP contribution in [0, 0.1) is 5.92 Å². The average molecular weight is 298 g/mol. The molecule has 1 aliphatic carbocycles. The molecule has 3 N–H and O–H groups in total. The Morgan fingerprint density at radius 1 is 1.10 bits per heavy atom. The Labute approximate surface area is 129 Å². The monoisotopic (exact) mass is 297 g/mol. The first-order valence-corrected chi connectivity index (χ1v) is 7.43. The molecule has 0 heterocycles. The van der Waals surface area contributed by atoms with Crippen LogP contribution in [0.2, 0.25) is 0 Å². The van der Waals surface area contributed by atoms with Crippen molar-refractivity contribution in [2.75, 3.05) is 0 Å². The highest BCUT2D eigenvalue weighted by Gasteiger charge is 2.28. The number of halogens is 1. The van der Waals surface area contributed by atoms with Crippen LogP contribution in [-0.2, 0) is 5.41 Å². The minimum atomic E-state index is -0.400. The zero-order valence-electron chi connectivity index (χ0n) is 12.8. The van der Waals surface area contributed by atoms with Gasteiger partial charge in [0.1, 0.15) is 0 Å². The maximum atomic E-state index is 10.4. The summed E-state index contributed by atoms with van der Waals surface area (Å²) in [5, 5.41) is 10.4. The highest BCUT2D eigenvalue weighted by atomic mass is 35.5. The summed E-state index contributed by atoms with van der Waals surface area (Å²) in [6.07, 6.45) is 4.31. The quantitative estimate of drug-likeness (QED) is 0.887. The summed E-state index contributed by atoms with van der Waals surface area (Å²) in [4.78, 5) is 0. The predicted octanol–water partition coefficient (Wildman–Crippen LogP) is 3.96. The van der Waals surface area contributed by atoms with E-state index < -0.39 is 6.10 Å². The maximum Gasteiger partial charge on any atom is 0.0760 e. The van der Waals surface area contributed by atoms with Crippen LogP contribution in [0.4, 0.5) is 0 Å². The molecule has 1 aromatic rings. The SMILES string of the molecule is CC(C)(C)c1ccc([C@H](N)[C@H](O)C2CCCC2)cc1.Cl. The van der Waals surface area contributed by atoms with Gasteiger partial charge in [0.2, 0.25) is 0 Å². The molecule has 114 valence electrons. The highest BCUT2D eigenvalue weighted by Crippen LogP contribution is 2.33. The molecule has 1 aliphatic rings. The maximum absolute atomic E-state index is 10.4. The first-order chi connectivity index (χ1) is 8.89. The normalized spacial score (nSPS) is 19.4. The van der Waals surface area contributed by atoms with Gasteiger partial charge in [-0.25, -0.2) is 0 Å². The second kappa shape index (κ2) is 6.93. The molecule has 20 heavy (non-hydrogen) atoms. The van der Waals surface area contributed by atoms with E-state index in [9.17, 15) is 5.11 Å². The Morgan fingerprint density at radius 3 is 2.05 bits per heavy atom. The summed E-state index contributed by atoms with van der Waals surface area (Å²) in [6.45, 7) is 6.61. The van der Waals surface area contributed by atoms with Gasteiger partial charge >= 0.3 is 0 Å². The van der Waals surface area contributed by atoms with Gasteiger partial charge in [-0.05, 0) is 35.3 Å². The van der Waals surface area contributed by atoms with Gasteiger partial charge in [0.25, 0.3) is 0 Å². The van der Waals surface area contributed by atoms with Gasteiger partial charge in [0, 0.05) is 0 Å². The Balaban J connectivity index is 0.00000200. The molecule has 0 saturated heterocycles. The Hall–Kier alpha value is -0.570. The first-order valence-electron chi connectivity index (χ1n) is 7.43. The van der Waals surface area contributed by atoms with Crippen LogP contribution in [0.1, 0.15) is 63.6 Å². The number of hydrogen-bond donors (Lipinski definition) is 2. The first kappa shape index (κ1) is 17.5. The molecule has 0 amide bonds. The van der Waals surface area contributed by atoms with Crippen molar-refractivity contribution in [2.45, 2.75) is 64.0 Å². The van der Waals surface area contributed by atoms with Crippen molar-refractivity contribution in [3.05, 3.63) is 35.4 Å². The van der Waals surface area contributed by atoms with Crippen molar-refractivity contribution >= 4 is 12.4 Å². The largest absolute Gasteiger partial charge is 0.391 e. The minimum absolute atomic E-state index is 0. The second-order valence-corrected chi connectivity index (χ2v) is 6.93. The molecule has 0 bridgehead atoms. The summed E-state index contributed by atoms with van der Waals surface area (Å²) in [5.41, 5.74) is 8.74. The lowest BCUT2D eigenvalue weighted by molar-refractivity contribution is 0.0845. The molecule has 1 fully saturated rings. The lowest BCUT2D eigenvalue weighted by Crippen LogP contribution is -2.32. The third kappa shape index (κ3) is 3.97. The van der Waals surface area contributed by atoms with E-state index in [-0.39, 0.29) is 23.9 Å². The number of nitrogens with two attached hydrogens (primary N) is 1. The zero-order chi connectivity index (χ0) is 14.0. The van der Waals surface area contributed by atoms with Crippen LogP contribution in [0.25, 0.3) is 0 Å². The number of aliphatic hydroxyl groups is 1. The number of hydrogen-bond acceptors (Lipinski definition) is 2. The molecule has 1 saturated carbocycles. The molecule has 0 unspecified atom stereocenters. The van der Waals surface area contributed by atoms with E-state index in [2.05, 4.69) is 45.0 Å². The van der Waals surface area contributed by atoms with E-state index in [1.54, 1.807) is 0 Å². The van der Waals surface area contributed by atoms with Gasteiger partial charge in [0.15, 0.2) is 0 Å². The molecule has 1 aromatic carbocycles. The highest BCUT2D eigenvalue weighted by molar-refractivity contribution is 5.85. The van der Waals surface area contributed by atoms with E-state index in [0.717, 1.165) is 18.4 Å². The summed E-state index contributed by atoms with van der Waals surface area (Å²) in [5.74, 6) is 0.386. The van der Waals surface area contributed by atoms with Crippen molar-refractivity contribution in [1.82, 2.24) is 0 Å². The van der Waals surface area contributed by atoms with Gasteiger partial charge in [-0.1, -0.05) is 57.9 Å². The zero-order valence-corrected chi connectivity index (χ0v) is 13.6. The van der Waals surface area contributed by atoms with Crippen molar-refractivity contribution in [2.24, 2.45) is 11.7 Å². The van der Waals surface area contributed by atoms with Crippen molar-refractivity contribution in [3.8, 4) is 0 Å². The van der Waals surface area contributed by atoms with Crippen molar-refractivity contribution < 1.29 is 5.11 Å². The van der Waals surface area contributed by atoms with Crippen LogP contribution in [0.15, 0.2) is 24.3 Å². The molecular weight excluding hydrogens is 270 g/mol. The van der Waals surface area contributed by atoms with Crippen LogP contribution < -0.4 is 5.73 Å². The molecule has 2 atom stereocenters. The Morgan fingerprint density at radius 2 is 1.60 bits per heavy atom. The molecule has 2 nitrogen and oxygen atoms in total. The molecule has 3 heteroatoms. The summed E-state index contributed by atoms with van der Waals surface area (Å²) in [7, 11) is 0. The lowest BCUT2D eigenvalue weighted by Gasteiger charge is -2.25. The Bertz CT molecular complexity index is 404. The smallest absolute Gasteiger partial charge is 0.0760 e. The van der Waals surface area contributed by atoms with Gasteiger partial charge < -0.3 is 10.8 Å². The predicted molar refractivity (Wildman–Crippen MR) is 87.3 cm³/mol. The van der Waals surface area contributed by atoms with Gasteiger partial charge in [0.05, 0.1) is 12.1 Å². The molecule has 0 aliphatic heterocycles. The van der Waals surface area contributed by atoms with Crippen LogP contribution >= 0.6 is 12.4 Å². The lowest BCUT2D eigenvalue weighted by atomic mass is 9.85. The molecule has 0 spiro atoms. The number of benzene rings is 1. The van der Waals surface area contributed by atoms with Crippen LogP contribution in [0.3, 0.4) is 0 Å².